The zero-order chi connectivity index (χ0) is 19.8. The van der Waals surface area contributed by atoms with E-state index in [0.29, 0.717) is 30.0 Å². The topological polar surface area (TPSA) is 49.8 Å². The Morgan fingerprint density at radius 3 is 2.59 bits per heavy atom. The summed E-state index contributed by atoms with van der Waals surface area (Å²) in [4.78, 5) is 12.4. The molecular formula is C20H20F3NO3. The number of carboxylic acid groups (broad SMARTS) is 1. The van der Waals surface area contributed by atoms with E-state index < -0.39 is 17.8 Å². The van der Waals surface area contributed by atoms with Crippen molar-refractivity contribution >= 4 is 11.8 Å². The van der Waals surface area contributed by atoms with Gasteiger partial charge in [-0.15, -0.1) is 0 Å². The summed E-state index contributed by atoms with van der Waals surface area (Å²) in [5.41, 5.74) is 1.53. The zero-order valence-corrected chi connectivity index (χ0v) is 15.0. The number of carbonyl (C=O) groups is 1. The van der Waals surface area contributed by atoms with Crippen LogP contribution in [0.25, 0.3) is 0 Å². The first-order chi connectivity index (χ1) is 12.7. The Balaban J connectivity index is 1.77. The molecule has 1 N–H and O–H groups in total. The third kappa shape index (κ3) is 4.02. The third-order valence-electron chi connectivity index (χ3n) is 4.63. The lowest BCUT2D eigenvalue weighted by Gasteiger charge is -2.17. The summed E-state index contributed by atoms with van der Waals surface area (Å²) in [6, 6.07) is 9.31. The fourth-order valence-electron chi connectivity index (χ4n) is 3.28. The molecule has 0 radical (unpaired) electrons. The summed E-state index contributed by atoms with van der Waals surface area (Å²) in [7, 11) is 0. The van der Waals surface area contributed by atoms with Crippen molar-refractivity contribution in [2.75, 3.05) is 11.4 Å². The Bertz CT molecular complexity index is 862. The molecule has 4 nitrogen and oxygen atoms in total. The maximum Gasteiger partial charge on any atom is 0.416 e. The van der Waals surface area contributed by atoms with Crippen LogP contribution < -0.4 is 9.64 Å². The average molecular weight is 379 g/mol. The molecule has 27 heavy (non-hydrogen) atoms. The minimum atomic E-state index is -4.41. The molecule has 1 aliphatic rings. The maximum absolute atomic E-state index is 13.3. The van der Waals surface area contributed by atoms with Gasteiger partial charge in [0.2, 0.25) is 0 Å². The number of halogens is 3. The number of benzene rings is 2. The van der Waals surface area contributed by atoms with Crippen LogP contribution in [0.5, 0.6) is 5.75 Å². The Morgan fingerprint density at radius 1 is 1.22 bits per heavy atom. The van der Waals surface area contributed by atoms with Gasteiger partial charge in [0.1, 0.15) is 12.4 Å². The van der Waals surface area contributed by atoms with Crippen molar-refractivity contribution in [1.29, 1.82) is 0 Å². The van der Waals surface area contributed by atoms with Crippen LogP contribution in [0.15, 0.2) is 36.4 Å². The maximum atomic E-state index is 13.3. The lowest BCUT2D eigenvalue weighted by molar-refractivity contribution is -0.138. The molecule has 0 saturated heterocycles. The molecule has 144 valence electrons. The van der Waals surface area contributed by atoms with Gasteiger partial charge in [0.15, 0.2) is 0 Å². The number of alkyl halides is 3. The van der Waals surface area contributed by atoms with Crippen LogP contribution in [0, 0.1) is 0 Å². The highest BCUT2D eigenvalue weighted by Crippen LogP contribution is 2.36. The molecule has 0 fully saturated rings. The van der Waals surface area contributed by atoms with E-state index in [-0.39, 0.29) is 18.1 Å². The third-order valence-corrected chi connectivity index (χ3v) is 4.63. The van der Waals surface area contributed by atoms with Crippen molar-refractivity contribution in [3.8, 4) is 5.75 Å². The molecule has 0 atom stereocenters. The highest BCUT2D eigenvalue weighted by atomic mass is 19.4. The lowest BCUT2D eigenvalue weighted by atomic mass is 9.95. The van der Waals surface area contributed by atoms with Gasteiger partial charge in [0.25, 0.3) is 0 Å². The molecule has 7 heteroatoms. The minimum absolute atomic E-state index is 0.00286. The molecule has 1 amide bonds. The molecule has 0 bridgehead atoms. The molecule has 0 aromatic heterocycles. The van der Waals surface area contributed by atoms with Crippen molar-refractivity contribution in [3.63, 3.8) is 0 Å². The monoisotopic (exact) mass is 379 g/mol. The van der Waals surface area contributed by atoms with Crippen LogP contribution in [-0.2, 0) is 19.2 Å². The van der Waals surface area contributed by atoms with E-state index in [2.05, 4.69) is 0 Å². The van der Waals surface area contributed by atoms with E-state index in [4.69, 9.17) is 9.84 Å². The normalized spacial score (nSPS) is 13.8. The Labute approximate surface area is 155 Å². The van der Waals surface area contributed by atoms with Crippen molar-refractivity contribution in [2.24, 2.45) is 0 Å². The summed E-state index contributed by atoms with van der Waals surface area (Å²) < 4.78 is 45.6. The first-order valence-electron chi connectivity index (χ1n) is 8.63. The van der Waals surface area contributed by atoms with Crippen molar-refractivity contribution in [2.45, 2.75) is 39.0 Å². The van der Waals surface area contributed by atoms with Gasteiger partial charge in [-0.1, -0.05) is 26.0 Å². The number of ether oxygens (including phenoxy) is 1. The van der Waals surface area contributed by atoms with E-state index in [9.17, 15) is 18.0 Å². The van der Waals surface area contributed by atoms with E-state index in [1.807, 2.05) is 0 Å². The summed E-state index contributed by atoms with van der Waals surface area (Å²) >= 11 is 0. The molecule has 1 heterocycles. The van der Waals surface area contributed by atoms with Gasteiger partial charge in [-0.2, -0.15) is 13.2 Å². The van der Waals surface area contributed by atoms with E-state index >= 15 is 0 Å². The van der Waals surface area contributed by atoms with Gasteiger partial charge in [0.05, 0.1) is 11.3 Å². The van der Waals surface area contributed by atoms with Gasteiger partial charge in [-0.25, -0.2) is 4.79 Å². The van der Waals surface area contributed by atoms with Gasteiger partial charge in [-0.3, -0.25) is 4.90 Å². The molecular weight excluding hydrogens is 359 g/mol. The van der Waals surface area contributed by atoms with Gasteiger partial charge >= 0.3 is 12.3 Å². The van der Waals surface area contributed by atoms with Crippen molar-refractivity contribution in [3.05, 3.63) is 58.7 Å². The molecule has 0 saturated carbocycles. The first kappa shape index (κ1) is 19.1. The lowest BCUT2D eigenvalue weighted by Crippen LogP contribution is -2.26. The smallest absolute Gasteiger partial charge is 0.416 e. The molecule has 2 aromatic rings. The standard InChI is InChI=1S/C20H20F3NO3/c1-12(2)16-5-3-13(9-17(16)20(21,22)23)11-27-15-4-6-18-14(10-15)7-8-24(18)19(25)26/h3-6,9-10,12H,7-8,11H2,1-2H3,(H,25,26). The number of nitrogens with zero attached hydrogens (tertiary/aromatic N) is 1. The van der Waals surface area contributed by atoms with Crippen LogP contribution in [0.4, 0.5) is 23.7 Å². The van der Waals surface area contributed by atoms with Crippen LogP contribution >= 0.6 is 0 Å². The van der Waals surface area contributed by atoms with Crippen LogP contribution in [0.1, 0.15) is 42.0 Å². The van der Waals surface area contributed by atoms with E-state index in [1.165, 1.54) is 11.0 Å². The molecule has 0 spiro atoms. The van der Waals surface area contributed by atoms with Crippen molar-refractivity contribution in [1.82, 2.24) is 0 Å². The molecule has 1 aliphatic heterocycles. The predicted molar refractivity (Wildman–Crippen MR) is 95.4 cm³/mol. The molecule has 0 unspecified atom stereocenters. The number of amides is 1. The number of hydrogen-bond donors (Lipinski definition) is 1. The average Bonchev–Trinajstić information content (AvgIpc) is 3.02. The second-order valence-electron chi connectivity index (χ2n) is 6.84. The predicted octanol–water partition coefficient (Wildman–Crippen LogP) is 5.45. The number of fused-ring (bicyclic) bond motifs is 1. The fourth-order valence-corrected chi connectivity index (χ4v) is 3.28. The molecule has 0 aliphatic carbocycles. The number of rotatable bonds is 4. The Kier molecular flexibility index (Phi) is 5.04. The van der Waals surface area contributed by atoms with Gasteiger partial charge < -0.3 is 9.84 Å². The fraction of sp³-hybridized carbons (Fsp3) is 0.350. The SMILES string of the molecule is CC(C)c1ccc(COc2ccc3c(c2)CCN3C(=O)O)cc1C(F)(F)F. The van der Waals surface area contributed by atoms with Gasteiger partial charge in [-0.05, 0) is 53.3 Å². The van der Waals surface area contributed by atoms with Crippen LogP contribution in [-0.4, -0.2) is 17.7 Å². The summed E-state index contributed by atoms with van der Waals surface area (Å²) in [5, 5.41) is 9.14. The molecule has 2 aromatic carbocycles. The Morgan fingerprint density at radius 2 is 1.96 bits per heavy atom. The van der Waals surface area contributed by atoms with E-state index in [0.717, 1.165) is 11.6 Å². The Hall–Kier alpha value is -2.70. The summed E-state index contributed by atoms with van der Waals surface area (Å²) in [5.74, 6) is 0.271. The summed E-state index contributed by atoms with van der Waals surface area (Å²) in [6.07, 6.45) is -4.84. The highest BCUT2D eigenvalue weighted by molar-refractivity contribution is 5.89. The highest BCUT2D eigenvalue weighted by Gasteiger charge is 2.34. The van der Waals surface area contributed by atoms with E-state index in [1.54, 1.807) is 38.1 Å². The van der Waals surface area contributed by atoms with Crippen molar-refractivity contribution < 1.29 is 27.8 Å². The quantitative estimate of drug-likeness (QED) is 0.769. The minimum Gasteiger partial charge on any atom is -0.489 e. The summed E-state index contributed by atoms with van der Waals surface area (Å²) in [6.45, 7) is 3.85. The molecule has 3 rings (SSSR count). The zero-order valence-electron chi connectivity index (χ0n) is 15.0. The first-order valence-corrected chi connectivity index (χ1v) is 8.63. The number of hydrogen-bond acceptors (Lipinski definition) is 2. The van der Waals surface area contributed by atoms with Crippen LogP contribution in [0.3, 0.4) is 0 Å². The largest absolute Gasteiger partial charge is 0.489 e. The second kappa shape index (κ2) is 7.13. The number of anilines is 1. The second-order valence-corrected chi connectivity index (χ2v) is 6.84. The van der Waals surface area contributed by atoms with Crippen LogP contribution in [0.2, 0.25) is 0 Å². The van der Waals surface area contributed by atoms with Gasteiger partial charge in [0, 0.05) is 6.54 Å².